The molecule has 0 heterocycles. The number of benzene rings is 3. The van der Waals surface area contributed by atoms with Gasteiger partial charge in [-0.1, -0.05) is 54.6 Å². The van der Waals surface area contributed by atoms with E-state index in [4.69, 9.17) is 14.6 Å². The first-order valence-electron chi connectivity index (χ1n) is 11.2. The SMILES string of the molecule is COc1cc([C@H](O)[C@H](CCc2ccccc2)Cc2ccc(CC(=O)O)cc2)cc(OC)c1C. The standard InChI is InChI=1S/C28H32O5/c1-19-25(32-2)17-24(18-26(19)33-3)28(31)23(14-13-20-7-5-4-6-8-20)15-21-9-11-22(12-10-21)16-27(29)30/h4-12,17-18,23,28,31H,13-16H2,1-3H3,(H,29,30)/t23-,28-/m1/s1. The lowest BCUT2D eigenvalue weighted by molar-refractivity contribution is -0.136. The lowest BCUT2D eigenvalue weighted by Gasteiger charge is -2.25. The molecule has 5 heteroatoms. The number of hydrogen-bond donors (Lipinski definition) is 2. The van der Waals surface area contributed by atoms with Crippen LogP contribution in [0.3, 0.4) is 0 Å². The maximum Gasteiger partial charge on any atom is 0.307 e. The summed E-state index contributed by atoms with van der Waals surface area (Å²) in [5, 5.41) is 20.4. The van der Waals surface area contributed by atoms with Crippen LogP contribution in [0.5, 0.6) is 11.5 Å². The van der Waals surface area contributed by atoms with E-state index in [1.54, 1.807) is 14.2 Å². The third-order valence-corrected chi connectivity index (χ3v) is 6.09. The molecule has 174 valence electrons. The molecule has 3 rings (SSSR count). The summed E-state index contributed by atoms with van der Waals surface area (Å²) in [6.07, 6.45) is 1.60. The third-order valence-electron chi connectivity index (χ3n) is 6.09. The molecule has 0 bridgehead atoms. The van der Waals surface area contributed by atoms with Gasteiger partial charge in [0.25, 0.3) is 0 Å². The highest BCUT2D eigenvalue weighted by atomic mass is 16.5. The van der Waals surface area contributed by atoms with Crippen LogP contribution in [0, 0.1) is 12.8 Å². The molecule has 2 atom stereocenters. The minimum absolute atomic E-state index is 0.00327. The summed E-state index contributed by atoms with van der Waals surface area (Å²) in [6, 6.07) is 21.6. The smallest absolute Gasteiger partial charge is 0.307 e. The Bertz CT molecular complexity index is 1020. The molecule has 5 nitrogen and oxygen atoms in total. The van der Waals surface area contributed by atoms with Gasteiger partial charge in [0.15, 0.2) is 0 Å². The Morgan fingerprint density at radius 2 is 1.45 bits per heavy atom. The minimum atomic E-state index is -0.846. The van der Waals surface area contributed by atoms with Gasteiger partial charge in [0.2, 0.25) is 0 Å². The van der Waals surface area contributed by atoms with Gasteiger partial charge in [-0.15, -0.1) is 0 Å². The summed E-state index contributed by atoms with van der Waals surface area (Å²) in [7, 11) is 3.23. The number of rotatable bonds is 11. The Hall–Kier alpha value is -3.31. The zero-order chi connectivity index (χ0) is 23.8. The molecule has 0 radical (unpaired) electrons. The van der Waals surface area contributed by atoms with Crippen LogP contribution in [-0.4, -0.2) is 30.4 Å². The molecule has 0 aliphatic heterocycles. The summed E-state index contributed by atoms with van der Waals surface area (Å²) >= 11 is 0. The third kappa shape index (κ3) is 6.59. The second kappa shape index (κ2) is 11.5. The van der Waals surface area contributed by atoms with Gasteiger partial charge in [0, 0.05) is 5.56 Å². The van der Waals surface area contributed by atoms with Crippen molar-refractivity contribution in [3.05, 3.63) is 94.5 Å². The van der Waals surface area contributed by atoms with Gasteiger partial charge in [0.1, 0.15) is 11.5 Å². The predicted octanol–water partition coefficient (Wildman–Crippen LogP) is 5.16. The van der Waals surface area contributed by atoms with Crippen LogP contribution in [0.15, 0.2) is 66.7 Å². The Labute approximate surface area is 195 Å². The van der Waals surface area contributed by atoms with Crippen LogP contribution in [-0.2, 0) is 24.1 Å². The van der Waals surface area contributed by atoms with Crippen molar-refractivity contribution in [1.29, 1.82) is 0 Å². The van der Waals surface area contributed by atoms with Gasteiger partial charge < -0.3 is 19.7 Å². The van der Waals surface area contributed by atoms with Crippen molar-refractivity contribution >= 4 is 5.97 Å². The fraction of sp³-hybridized carbons (Fsp3) is 0.321. The average Bonchev–Trinajstić information content (AvgIpc) is 2.83. The molecule has 33 heavy (non-hydrogen) atoms. The quantitative estimate of drug-likeness (QED) is 0.424. The highest BCUT2D eigenvalue weighted by molar-refractivity contribution is 5.70. The van der Waals surface area contributed by atoms with Gasteiger partial charge in [-0.2, -0.15) is 0 Å². The number of carboxylic acids is 1. The molecule has 0 saturated heterocycles. The van der Waals surface area contributed by atoms with Gasteiger partial charge in [-0.05, 0) is 66.5 Å². The number of aliphatic carboxylic acids is 1. The maximum atomic E-state index is 11.4. The number of ether oxygens (including phenoxy) is 2. The van der Waals surface area contributed by atoms with Gasteiger partial charge in [-0.25, -0.2) is 0 Å². The molecule has 0 aliphatic carbocycles. The molecule has 3 aromatic carbocycles. The first-order valence-corrected chi connectivity index (χ1v) is 11.2. The largest absolute Gasteiger partial charge is 0.496 e. The lowest BCUT2D eigenvalue weighted by atomic mass is 9.85. The van der Waals surface area contributed by atoms with Crippen molar-refractivity contribution in [3.63, 3.8) is 0 Å². The summed E-state index contributed by atoms with van der Waals surface area (Å²) in [5.74, 6) is 0.472. The van der Waals surface area contributed by atoms with Gasteiger partial charge in [0.05, 0.1) is 26.7 Å². The number of carboxylic acid groups (broad SMARTS) is 1. The van der Waals surface area contributed by atoms with E-state index in [9.17, 15) is 9.90 Å². The van der Waals surface area contributed by atoms with E-state index in [2.05, 4.69) is 12.1 Å². The molecule has 0 saturated carbocycles. The number of hydrogen-bond acceptors (Lipinski definition) is 4. The lowest BCUT2D eigenvalue weighted by Crippen LogP contribution is -2.17. The van der Waals surface area contributed by atoms with Crippen LogP contribution >= 0.6 is 0 Å². The normalized spacial score (nSPS) is 12.7. The number of methoxy groups -OCH3 is 2. The summed E-state index contributed by atoms with van der Waals surface area (Å²) in [5.41, 5.74) is 4.71. The van der Waals surface area contributed by atoms with Crippen molar-refractivity contribution in [2.75, 3.05) is 14.2 Å². The molecule has 0 fully saturated rings. The van der Waals surface area contributed by atoms with Crippen LogP contribution < -0.4 is 9.47 Å². The van der Waals surface area contributed by atoms with E-state index >= 15 is 0 Å². The van der Waals surface area contributed by atoms with Crippen molar-refractivity contribution in [3.8, 4) is 11.5 Å². The molecular formula is C28H32O5. The molecular weight excluding hydrogens is 416 g/mol. The minimum Gasteiger partial charge on any atom is -0.496 e. The Morgan fingerprint density at radius 3 is 2.00 bits per heavy atom. The number of aryl methyl sites for hydroxylation is 1. The molecule has 2 N–H and O–H groups in total. The molecule has 0 aliphatic rings. The topological polar surface area (TPSA) is 76.0 Å². The summed E-state index contributed by atoms with van der Waals surface area (Å²) in [6.45, 7) is 1.93. The van der Waals surface area contributed by atoms with Gasteiger partial charge >= 0.3 is 5.97 Å². The highest BCUT2D eigenvalue weighted by Crippen LogP contribution is 2.36. The van der Waals surface area contributed by atoms with Crippen LogP contribution in [0.25, 0.3) is 0 Å². The molecule has 0 unspecified atom stereocenters. The number of aliphatic hydroxyl groups excluding tert-OH is 1. The van der Waals surface area contributed by atoms with E-state index in [1.807, 2.05) is 61.5 Å². The molecule has 0 spiro atoms. The van der Waals surface area contributed by atoms with Gasteiger partial charge in [-0.3, -0.25) is 4.79 Å². The fourth-order valence-corrected chi connectivity index (χ4v) is 4.19. The van der Waals surface area contributed by atoms with Crippen LogP contribution in [0.4, 0.5) is 0 Å². The average molecular weight is 449 g/mol. The molecule has 0 aromatic heterocycles. The van der Waals surface area contributed by atoms with Crippen molar-refractivity contribution in [1.82, 2.24) is 0 Å². The van der Waals surface area contributed by atoms with E-state index in [1.165, 1.54) is 5.56 Å². The van der Waals surface area contributed by atoms with Crippen molar-refractivity contribution in [2.24, 2.45) is 5.92 Å². The molecule has 3 aromatic rings. The zero-order valence-corrected chi connectivity index (χ0v) is 19.5. The maximum absolute atomic E-state index is 11.4. The van der Waals surface area contributed by atoms with E-state index in [0.717, 1.165) is 35.1 Å². The monoisotopic (exact) mass is 448 g/mol. The van der Waals surface area contributed by atoms with Crippen molar-refractivity contribution < 1.29 is 24.5 Å². The fourth-order valence-electron chi connectivity index (χ4n) is 4.19. The van der Waals surface area contributed by atoms with E-state index in [-0.39, 0.29) is 12.3 Å². The second-order valence-corrected chi connectivity index (χ2v) is 8.37. The number of carbonyl (C=O) groups is 1. The van der Waals surface area contributed by atoms with E-state index in [0.29, 0.717) is 17.9 Å². The van der Waals surface area contributed by atoms with Crippen molar-refractivity contribution in [2.45, 2.75) is 38.7 Å². The highest BCUT2D eigenvalue weighted by Gasteiger charge is 2.24. The Morgan fingerprint density at radius 1 is 0.879 bits per heavy atom. The molecule has 0 amide bonds. The number of aliphatic hydroxyl groups is 1. The Kier molecular flexibility index (Phi) is 8.50. The first kappa shape index (κ1) is 24.3. The Balaban J connectivity index is 1.86. The summed E-state index contributed by atoms with van der Waals surface area (Å²) < 4.78 is 11.0. The van der Waals surface area contributed by atoms with E-state index < -0.39 is 12.1 Å². The van der Waals surface area contributed by atoms with Crippen LogP contribution in [0.2, 0.25) is 0 Å². The first-order chi connectivity index (χ1) is 15.9. The predicted molar refractivity (Wildman–Crippen MR) is 129 cm³/mol. The van der Waals surface area contributed by atoms with Crippen LogP contribution in [0.1, 0.15) is 40.3 Å². The summed E-state index contributed by atoms with van der Waals surface area (Å²) in [4.78, 5) is 11.0. The zero-order valence-electron chi connectivity index (χ0n) is 19.5. The second-order valence-electron chi connectivity index (χ2n) is 8.37.